The van der Waals surface area contributed by atoms with Crippen LogP contribution in [0.5, 0.6) is 0 Å². The zero-order valence-electron chi connectivity index (χ0n) is 10.3. The topological polar surface area (TPSA) is 31.1 Å². The van der Waals surface area contributed by atoms with E-state index < -0.39 is 0 Å². The van der Waals surface area contributed by atoms with E-state index in [-0.39, 0.29) is 0 Å². The van der Waals surface area contributed by atoms with Gasteiger partial charge in [0.05, 0.1) is 0 Å². The molecule has 0 unspecified atom stereocenters. The van der Waals surface area contributed by atoms with Crippen molar-refractivity contribution < 1.29 is 0 Å². The molecule has 0 saturated carbocycles. The first kappa shape index (κ1) is 10.8. The van der Waals surface area contributed by atoms with Gasteiger partial charge in [-0.15, -0.1) is 0 Å². The Morgan fingerprint density at radius 2 is 2.06 bits per heavy atom. The highest BCUT2D eigenvalue weighted by atomic mass is 15.2. The number of fused-ring (bicyclic) bond motifs is 1. The molecule has 2 heterocycles. The lowest BCUT2D eigenvalue weighted by molar-refractivity contribution is 0.234. The second kappa shape index (κ2) is 4.51. The van der Waals surface area contributed by atoms with Gasteiger partial charge in [-0.25, -0.2) is 0 Å². The molecular formula is C14H19N3. The smallest absolute Gasteiger partial charge is 0.0459 e. The van der Waals surface area contributed by atoms with Gasteiger partial charge in [0, 0.05) is 49.8 Å². The first-order valence-electron chi connectivity index (χ1n) is 6.33. The Hall–Kier alpha value is -1.32. The molecule has 1 aliphatic heterocycles. The third-order valence-corrected chi connectivity index (χ3v) is 3.60. The van der Waals surface area contributed by atoms with E-state index in [1.54, 1.807) is 0 Å². The molecule has 0 amide bonds. The van der Waals surface area contributed by atoms with E-state index in [0.717, 1.165) is 32.7 Å². The first-order chi connectivity index (χ1) is 8.34. The van der Waals surface area contributed by atoms with Gasteiger partial charge in [0.15, 0.2) is 0 Å². The Bertz CT molecular complexity index is 509. The molecule has 2 N–H and O–H groups in total. The summed E-state index contributed by atoms with van der Waals surface area (Å²) in [5.41, 5.74) is 4.06. The van der Waals surface area contributed by atoms with Crippen molar-refractivity contribution in [2.75, 3.05) is 26.2 Å². The van der Waals surface area contributed by atoms with Gasteiger partial charge in [-0.2, -0.15) is 0 Å². The number of benzene rings is 1. The maximum absolute atomic E-state index is 3.39. The molecular weight excluding hydrogens is 210 g/mol. The molecule has 0 aliphatic carbocycles. The van der Waals surface area contributed by atoms with Gasteiger partial charge in [0.1, 0.15) is 0 Å². The second-order valence-corrected chi connectivity index (χ2v) is 4.84. The summed E-state index contributed by atoms with van der Waals surface area (Å²) in [4.78, 5) is 5.90. The molecule has 0 radical (unpaired) electrons. The second-order valence-electron chi connectivity index (χ2n) is 4.84. The molecule has 3 heteroatoms. The van der Waals surface area contributed by atoms with E-state index in [9.17, 15) is 0 Å². The minimum Gasteiger partial charge on any atom is -0.361 e. The zero-order chi connectivity index (χ0) is 11.7. The van der Waals surface area contributed by atoms with Crippen LogP contribution in [0, 0.1) is 6.92 Å². The molecule has 0 atom stereocenters. The fourth-order valence-corrected chi connectivity index (χ4v) is 2.69. The monoisotopic (exact) mass is 229 g/mol. The van der Waals surface area contributed by atoms with Crippen LogP contribution in [0.2, 0.25) is 0 Å². The minimum absolute atomic E-state index is 1.06. The molecule has 1 aliphatic rings. The van der Waals surface area contributed by atoms with Crippen LogP contribution in [0.25, 0.3) is 10.9 Å². The van der Waals surface area contributed by atoms with Crippen molar-refractivity contribution >= 4 is 10.9 Å². The lowest BCUT2D eigenvalue weighted by Crippen LogP contribution is -2.42. The Morgan fingerprint density at radius 3 is 2.88 bits per heavy atom. The van der Waals surface area contributed by atoms with Crippen molar-refractivity contribution in [1.82, 2.24) is 15.2 Å². The molecule has 0 bridgehead atoms. The highest BCUT2D eigenvalue weighted by Crippen LogP contribution is 2.23. The molecule has 3 rings (SSSR count). The number of piperazine rings is 1. The predicted octanol–water partition coefficient (Wildman–Crippen LogP) is 1.88. The van der Waals surface area contributed by atoms with Crippen molar-refractivity contribution in [1.29, 1.82) is 0 Å². The summed E-state index contributed by atoms with van der Waals surface area (Å²) < 4.78 is 0. The van der Waals surface area contributed by atoms with Crippen molar-refractivity contribution in [2.24, 2.45) is 0 Å². The van der Waals surface area contributed by atoms with Crippen molar-refractivity contribution in [3.8, 4) is 0 Å². The summed E-state index contributed by atoms with van der Waals surface area (Å²) in [7, 11) is 0. The van der Waals surface area contributed by atoms with Crippen molar-refractivity contribution in [3.63, 3.8) is 0 Å². The summed E-state index contributed by atoms with van der Waals surface area (Å²) in [6, 6.07) is 6.46. The standard InChI is InChI=1S/C14H19N3/c1-11-3-2-4-13-14(11)12(9-16-13)10-17-7-5-15-6-8-17/h2-4,9,15-16H,5-8,10H2,1H3. The normalized spacial score (nSPS) is 17.7. The van der Waals surface area contributed by atoms with Crippen molar-refractivity contribution in [3.05, 3.63) is 35.5 Å². The number of aromatic nitrogens is 1. The van der Waals surface area contributed by atoms with Gasteiger partial charge in [0.25, 0.3) is 0 Å². The number of aromatic amines is 1. The van der Waals surface area contributed by atoms with Gasteiger partial charge in [-0.1, -0.05) is 12.1 Å². The first-order valence-corrected chi connectivity index (χ1v) is 6.33. The Morgan fingerprint density at radius 1 is 1.24 bits per heavy atom. The minimum atomic E-state index is 1.06. The zero-order valence-corrected chi connectivity index (χ0v) is 10.3. The number of H-pyrrole nitrogens is 1. The summed E-state index contributed by atoms with van der Waals surface area (Å²) in [5, 5.41) is 4.80. The lowest BCUT2D eigenvalue weighted by atomic mass is 10.1. The van der Waals surface area contributed by atoms with Crippen LogP contribution < -0.4 is 5.32 Å². The van der Waals surface area contributed by atoms with Gasteiger partial charge in [-0.3, -0.25) is 4.90 Å². The van der Waals surface area contributed by atoms with Crippen LogP contribution in [0.3, 0.4) is 0 Å². The number of hydrogen-bond acceptors (Lipinski definition) is 2. The number of nitrogens with one attached hydrogen (secondary N) is 2. The molecule has 0 spiro atoms. The third-order valence-electron chi connectivity index (χ3n) is 3.60. The van der Waals surface area contributed by atoms with E-state index in [2.05, 4.69) is 46.5 Å². The number of rotatable bonds is 2. The van der Waals surface area contributed by atoms with E-state index in [1.165, 1.54) is 22.0 Å². The molecule has 1 aromatic heterocycles. The van der Waals surface area contributed by atoms with E-state index >= 15 is 0 Å². The van der Waals surface area contributed by atoms with E-state index in [0.29, 0.717) is 0 Å². The highest BCUT2D eigenvalue weighted by molar-refractivity contribution is 5.86. The quantitative estimate of drug-likeness (QED) is 0.824. The summed E-state index contributed by atoms with van der Waals surface area (Å²) in [6.07, 6.45) is 2.17. The Balaban J connectivity index is 1.89. The van der Waals surface area contributed by atoms with Gasteiger partial charge < -0.3 is 10.3 Å². The average Bonchev–Trinajstić information content (AvgIpc) is 2.75. The van der Waals surface area contributed by atoms with Gasteiger partial charge in [-0.05, 0) is 24.1 Å². The largest absolute Gasteiger partial charge is 0.361 e. The maximum Gasteiger partial charge on any atom is 0.0459 e. The third kappa shape index (κ3) is 2.08. The molecule has 17 heavy (non-hydrogen) atoms. The number of nitrogens with zero attached hydrogens (tertiary/aromatic N) is 1. The van der Waals surface area contributed by atoms with Crippen LogP contribution in [0.15, 0.2) is 24.4 Å². The SMILES string of the molecule is Cc1cccc2[nH]cc(CN3CCNCC3)c12. The van der Waals surface area contributed by atoms with Crippen LogP contribution >= 0.6 is 0 Å². The summed E-state index contributed by atoms with van der Waals surface area (Å²) in [6.45, 7) is 7.78. The van der Waals surface area contributed by atoms with Gasteiger partial charge in [0.2, 0.25) is 0 Å². The number of hydrogen-bond donors (Lipinski definition) is 2. The Labute approximate surface area is 102 Å². The van der Waals surface area contributed by atoms with Crippen LogP contribution in [0.1, 0.15) is 11.1 Å². The van der Waals surface area contributed by atoms with Crippen LogP contribution in [0.4, 0.5) is 0 Å². The predicted molar refractivity (Wildman–Crippen MR) is 71.2 cm³/mol. The Kier molecular flexibility index (Phi) is 2.87. The fourth-order valence-electron chi connectivity index (χ4n) is 2.69. The van der Waals surface area contributed by atoms with E-state index in [4.69, 9.17) is 0 Å². The molecule has 1 fully saturated rings. The number of aryl methyl sites for hydroxylation is 1. The lowest BCUT2D eigenvalue weighted by Gasteiger charge is -2.27. The molecule has 90 valence electrons. The summed E-state index contributed by atoms with van der Waals surface area (Å²) in [5.74, 6) is 0. The van der Waals surface area contributed by atoms with Gasteiger partial charge >= 0.3 is 0 Å². The molecule has 1 aromatic carbocycles. The maximum atomic E-state index is 3.39. The average molecular weight is 229 g/mol. The molecule has 3 nitrogen and oxygen atoms in total. The van der Waals surface area contributed by atoms with Crippen molar-refractivity contribution in [2.45, 2.75) is 13.5 Å². The molecule has 2 aromatic rings. The summed E-state index contributed by atoms with van der Waals surface area (Å²) >= 11 is 0. The van der Waals surface area contributed by atoms with E-state index in [1.807, 2.05) is 0 Å². The molecule has 1 saturated heterocycles. The fraction of sp³-hybridized carbons (Fsp3) is 0.429. The van der Waals surface area contributed by atoms with Crippen LogP contribution in [-0.4, -0.2) is 36.1 Å². The van der Waals surface area contributed by atoms with Crippen LogP contribution in [-0.2, 0) is 6.54 Å². The highest BCUT2D eigenvalue weighted by Gasteiger charge is 2.13.